The molecular formula is C27H31BrClFN4. The average Bonchev–Trinajstić information content (AvgIpc) is 2.80. The standard InChI is InChI=1S/C27H30BrFN4.ClH/c1-5-33(25-10-9-21(18(2)3)17-24(25)28)27-30-19(4)15-26(31-27)32-13-11-20(12-14-32)22-7-6-8-23(29)16-22;/h6-11,15-18H,5,12-14H2,1-4H3;1H. The summed E-state index contributed by atoms with van der Waals surface area (Å²) in [5, 5.41) is 0. The van der Waals surface area contributed by atoms with Crippen LogP contribution in [-0.2, 0) is 0 Å². The molecule has 1 aromatic heterocycles. The third kappa shape index (κ3) is 5.78. The predicted molar refractivity (Wildman–Crippen MR) is 146 cm³/mol. The topological polar surface area (TPSA) is 32.3 Å². The van der Waals surface area contributed by atoms with Crippen LogP contribution < -0.4 is 9.80 Å². The second kappa shape index (κ2) is 11.3. The number of halogens is 3. The van der Waals surface area contributed by atoms with E-state index < -0.39 is 0 Å². The van der Waals surface area contributed by atoms with Crippen molar-refractivity contribution in [3.63, 3.8) is 0 Å². The average molecular weight is 546 g/mol. The van der Waals surface area contributed by atoms with E-state index in [1.807, 2.05) is 19.1 Å². The maximum absolute atomic E-state index is 13.6. The zero-order valence-corrected chi connectivity index (χ0v) is 22.5. The van der Waals surface area contributed by atoms with Gasteiger partial charge in [0.15, 0.2) is 0 Å². The van der Waals surface area contributed by atoms with Crippen LogP contribution in [0.5, 0.6) is 0 Å². The van der Waals surface area contributed by atoms with Gasteiger partial charge in [-0.25, -0.2) is 9.37 Å². The Morgan fingerprint density at radius 2 is 1.91 bits per heavy atom. The van der Waals surface area contributed by atoms with Crippen molar-refractivity contribution >= 4 is 51.4 Å². The summed E-state index contributed by atoms with van der Waals surface area (Å²) in [6.07, 6.45) is 3.02. The fourth-order valence-electron chi connectivity index (χ4n) is 4.17. The largest absolute Gasteiger partial charge is 0.352 e. The van der Waals surface area contributed by atoms with Gasteiger partial charge in [0.05, 0.1) is 5.69 Å². The molecule has 4 rings (SSSR count). The van der Waals surface area contributed by atoms with Crippen molar-refractivity contribution in [3.8, 4) is 0 Å². The number of rotatable bonds is 6. The van der Waals surface area contributed by atoms with Crippen molar-refractivity contribution in [3.05, 3.63) is 81.7 Å². The molecule has 0 atom stereocenters. The van der Waals surface area contributed by atoms with E-state index >= 15 is 0 Å². The highest BCUT2D eigenvalue weighted by Crippen LogP contribution is 2.34. The van der Waals surface area contributed by atoms with Crippen LogP contribution in [0.25, 0.3) is 5.57 Å². The Bertz CT molecular complexity index is 1180. The Balaban J connectivity index is 0.00000324. The highest BCUT2D eigenvalue weighted by Gasteiger charge is 2.20. The summed E-state index contributed by atoms with van der Waals surface area (Å²) in [4.78, 5) is 14.1. The van der Waals surface area contributed by atoms with E-state index in [0.717, 1.165) is 53.3 Å². The number of aromatic nitrogens is 2. The fourth-order valence-corrected chi connectivity index (χ4v) is 4.78. The molecule has 1 aliphatic rings. The number of nitrogens with zero attached hydrogens (tertiary/aromatic N) is 4. The highest BCUT2D eigenvalue weighted by atomic mass is 79.9. The summed E-state index contributed by atoms with van der Waals surface area (Å²) in [5.74, 6) is 1.89. The molecule has 0 spiro atoms. The number of aryl methyl sites for hydroxylation is 1. The molecule has 7 heteroatoms. The van der Waals surface area contributed by atoms with Gasteiger partial charge >= 0.3 is 0 Å². The van der Waals surface area contributed by atoms with Crippen molar-refractivity contribution in [2.45, 2.75) is 40.0 Å². The normalized spacial score (nSPS) is 13.5. The third-order valence-electron chi connectivity index (χ3n) is 6.04. The quantitative estimate of drug-likeness (QED) is 0.318. The maximum Gasteiger partial charge on any atom is 0.232 e. The van der Waals surface area contributed by atoms with Crippen molar-refractivity contribution in [2.24, 2.45) is 0 Å². The van der Waals surface area contributed by atoms with E-state index in [4.69, 9.17) is 9.97 Å². The molecule has 0 aliphatic carbocycles. The number of hydrogen-bond acceptors (Lipinski definition) is 4. The van der Waals surface area contributed by atoms with Crippen molar-refractivity contribution in [1.29, 1.82) is 0 Å². The maximum atomic E-state index is 13.6. The van der Waals surface area contributed by atoms with Gasteiger partial charge in [0.1, 0.15) is 11.6 Å². The first kappa shape index (κ1) is 26.2. The Morgan fingerprint density at radius 3 is 2.53 bits per heavy atom. The van der Waals surface area contributed by atoms with Gasteiger partial charge in [-0.3, -0.25) is 0 Å². The minimum atomic E-state index is -0.195. The summed E-state index contributed by atoms with van der Waals surface area (Å²) >= 11 is 3.76. The van der Waals surface area contributed by atoms with E-state index in [9.17, 15) is 4.39 Å². The zero-order valence-electron chi connectivity index (χ0n) is 20.1. The zero-order chi connectivity index (χ0) is 23.5. The van der Waals surface area contributed by atoms with Crippen molar-refractivity contribution < 1.29 is 4.39 Å². The second-order valence-corrected chi connectivity index (χ2v) is 9.57. The van der Waals surface area contributed by atoms with Crippen LogP contribution in [0, 0.1) is 12.7 Å². The summed E-state index contributed by atoms with van der Waals surface area (Å²) in [5.41, 5.74) is 5.43. The molecule has 0 unspecified atom stereocenters. The van der Waals surface area contributed by atoms with Crippen LogP contribution in [-0.4, -0.2) is 29.6 Å². The van der Waals surface area contributed by atoms with Gasteiger partial charge in [-0.1, -0.05) is 38.1 Å². The Kier molecular flexibility index (Phi) is 8.72. The lowest BCUT2D eigenvalue weighted by molar-refractivity contribution is 0.627. The Morgan fingerprint density at radius 1 is 1.12 bits per heavy atom. The SMILES string of the molecule is CCN(c1nc(C)cc(N2CC=C(c3cccc(F)c3)CC2)n1)c1ccc(C(C)C)cc1Br.Cl. The first-order valence-corrected chi connectivity index (χ1v) is 12.3. The molecule has 0 N–H and O–H groups in total. The second-order valence-electron chi connectivity index (χ2n) is 8.71. The predicted octanol–water partition coefficient (Wildman–Crippen LogP) is 7.68. The molecule has 0 radical (unpaired) electrons. The molecule has 3 aromatic rings. The molecular weight excluding hydrogens is 515 g/mol. The molecule has 0 bridgehead atoms. The minimum Gasteiger partial charge on any atom is -0.352 e. The first-order valence-electron chi connectivity index (χ1n) is 11.5. The van der Waals surface area contributed by atoms with Gasteiger partial charge in [-0.2, -0.15) is 4.98 Å². The molecule has 1 aliphatic heterocycles. The van der Waals surface area contributed by atoms with Gasteiger partial charge in [-0.15, -0.1) is 12.4 Å². The van der Waals surface area contributed by atoms with Crippen LogP contribution in [0.3, 0.4) is 0 Å². The highest BCUT2D eigenvalue weighted by molar-refractivity contribution is 9.10. The molecule has 180 valence electrons. The van der Waals surface area contributed by atoms with Gasteiger partial charge in [-0.05, 0) is 83.1 Å². The van der Waals surface area contributed by atoms with E-state index in [-0.39, 0.29) is 18.2 Å². The monoisotopic (exact) mass is 544 g/mol. The lowest BCUT2D eigenvalue weighted by atomic mass is 9.99. The summed E-state index contributed by atoms with van der Waals surface area (Å²) in [7, 11) is 0. The Labute approximate surface area is 216 Å². The molecule has 0 amide bonds. The molecule has 0 saturated carbocycles. The van der Waals surface area contributed by atoms with E-state index in [1.54, 1.807) is 12.1 Å². The lowest BCUT2D eigenvalue weighted by Gasteiger charge is -2.29. The van der Waals surface area contributed by atoms with Gasteiger partial charge in [0.2, 0.25) is 5.95 Å². The number of benzene rings is 2. The summed E-state index contributed by atoms with van der Waals surface area (Å²) in [6, 6.07) is 15.4. The van der Waals surface area contributed by atoms with Crippen LogP contribution in [0.15, 0.2) is 59.1 Å². The van der Waals surface area contributed by atoms with Crippen molar-refractivity contribution in [2.75, 3.05) is 29.4 Å². The summed E-state index contributed by atoms with van der Waals surface area (Å²) in [6.45, 7) is 10.8. The lowest BCUT2D eigenvalue weighted by Crippen LogP contribution is -2.30. The Hall–Kier alpha value is -2.44. The molecule has 0 fully saturated rings. The van der Waals surface area contributed by atoms with E-state index in [0.29, 0.717) is 11.9 Å². The summed E-state index contributed by atoms with van der Waals surface area (Å²) < 4.78 is 14.7. The number of anilines is 3. The third-order valence-corrected chi connectivity index (χ3v) is 6.68. The molecule has 2 heterocycles. The van der Waals surface area contributed by atoms with Crippen LogP contribution in [0.4, 0.5) is 21.8 Å². The minimum absolute atomic E-state index is 0. The smallest absolute Gasteiger partial charge is 0.232 e. The molecule has 2 aromatic carbocycles. The van der Waals surface area contributed by atoms with Crippen LogP contribution in [0.2, 0.25) is 0 Å². The molecule has 34 heavy (non-hydrogen) atoms. The van der Waals surface area contributed by atoms with Crippen LogP contribution in [0.1, 0.15) is 49.9 Å². The fraction of sp³-hybridized carbons (Fsp3) is 0.333. The molecule has 4 nitrogen and oxygen atoms in total. The van der Waals surface area contributed by atoms with E-state index in [2.05, 4.69) is 70.8 Å². The van der Waals surface area contributed by atoms with Gasteiger partial charge in [0, 0.05) is 35.9 Å². The first-order chi connectivity index (χ1) is 15.9. The number of hydrogen-bond donors (Lipinski definition) is 0. The van der Waals surface area contributed by atoms with Gasteiger partial charge in [0.25, 0.3) is 0 Å². The van der Waals surface area contributed by atoms with Gasteiger partial charge < -0.3 is 9.80 Å². The molecule has 0 saturated heterocycles. The van der Waals surface area contributed by atoms with Crippen LogP contribution >= 0.6 is 28.3 Å². The van der Waals surface area contributed by atoms with Crippen molar-refractivity contribution in [1.82, 2.24) is 9.97 Å². The van der Waals surface area contributed by atoms with E-state index in [1.165, 1.54) is 17.2 Å².